The Kier molecular flexibility index (Phi) is 6.32. The molecule has 3 atom stereocenters. The number of rotatable bonds is 6. The van der Waals surface area contributed by atoms with Crippen LogP contribution in [-0.4, -0.2) is 44.1 Å². The van der Waals surface area contributed by atoms with Gasteiger partial charge < -0.3 is 14.4 Å². The van der Waals surface area contributed by atoms with Crippen LogP contribution >= 0.6 is 0 Å². The van der Waals surface area contributed by atoms with Gasteiger partial charge in [0.25, 0.3) is 10.0 Å². The van der Waals surface area contributed by atoms with Crippen LogP contribution < -0.4 is 0 Å². The van der Waals surface area contributed by atoms with Gasteiger partial charge in [0.1, 0.15) is 12.1 Å². The van der Waals surface area contributed by atoms with Crippen LogP contribution in [0.2, 0.25) is 0 Å². The van der Waals surface area contributed by atoms with Gasteiger partial charge in [-0.05, 0) is 44.0 Å². The summed E-state index contributed by atoms with van der Waals surface area (Å²) >= 11 is 0. The van der Waals surface area contributed by atoms with Crippen molar-refractivity contribution in [3.05, 3.63) is 77.9 Å². The summed E-state index contributed by atoms with van der Waals surface area (Å²) in [5.41, 5.74) is 1.84. The highest BCUT2D eigenvalue weighted by atomic mass is 32.2. The van der Waals surface area contributed by atoms with Crippen LogP contribution in [0.4, 0.5) is 0 Å². The van der Waals surface area contributed by atoms with E-state index in [2.05, 4.69) is 4.40 Å². The summed E-state index contributed by atoms with van der Waals surface area (Å²) in [4.78, 5) is 14.7. The molecule has 0 amide bonds. The van der Waals surface area contributed by atoms with E-state index >= 15 is 0 Å². The lowest BCUT2D eigenvalue weighted by molar-refractivity contribution is -0.154. The number of aryl methyl sites for hydroxylation is 1. The van der Waals surface area contributed by atoms with Crippen LogP contribution in [0.25, 0.3) is 0 Å². The fourth-order valence-corrected chi connectivity index (χ4v) is 4.98. The highest BCUT2D eigenvalue weighted by molar-refractivity contribution is 7.90. The lowest BCUT2D eigenvalue weighted by atomic mass is 9.92. The smallest absolute Gasteiger partial charge is 0.329 e. The van der Waals surface area contributed by atoms with Crippen LogP contribution in [0.1, 0.15) is 24.5 Å². The number of sulfonamides is 1. The van der Waals surface area contributed by atoms with Gasteiger partial charge in [-0.2, -0.15) is 8.42 Å². The normalized spacial score (nSPS) is 23.6. The van der Waals surface area contributed by atoms with Gasteiger partial charge >= 0.3 is 12.0 Å². The van der Waals surface area contributed by atoms with Crippen LogP contribution in [0, 0.1) is 12.8 Å². The molecule has 0 unspecified atom stereocenters. The predicted molar refractivity (Wildman–Crippen MR) is 120 cm³/mol. The number of hydrogen-bond donors (Lipinski definition) is 0. The minimum absolute atomic E-state index is 0.0654. The van der Waals surface area contributed by atoms with Crippen molar-refractivity contribution in [2.24, 2.45) is 10.3 Å². The number of ether oxygens (including phenoxy) is 2. The lowest BCUT2D eigenvalue weighted by Gasteiger charge is -2.42. The Labute approximate surface area is 188 Å². The van der Waals surface area contributed by atoms with Gasteiger partial charge in [-0.15, -0.1) is 4.40 Å². The number of hydrogen-bond acceptors (Lipinski definition) is 5. The van der Waals surface area contributed by atoms with E-state index in [1.54, 1.807) is 24.0 Å². The Bertz CT molecular complexity index is 1130. The molecule has 1 aliphatic heterocycles. The minimum atomic E-state index is -4.05. The number of carbonyl (C=O) groups is 1. The molecule has 0 N–H and O–H groups in total. The van der Waals surface area contributed by atoms with E-state index in [0.717, 1.165) is 11.1 Å². The zero-order valence-electron chi connectivity index (χ0n) is 18.0. The molecular weight excluding hydrogens is 428 g/mol. The Hall–Kier alpha value is -3.13. The van der Waals surface area contributed by atoms with Gasteiger partial charge in [0.05, 0.1) is 11.5 Å². The molecule has 0 spiro atoms. The Morgan fingerprint density at radius 1 is 1.16 bits per heavy atom. The summed E-state index contributed by atoms with van der Waals surface area (Å²) in [6.07, 6.45) is 3.99. The standard InChI is InChI=1S/C24H26N2O5S/c1-3-30-23(27)22-20-10-7-11-21(20)31-24(26(22)16-18-8-5-4-6-9-18)25-32(28,29)19-14-12-17(2)13-15-19/h4-9,11-15,20-22H,3,10,16H2,1-2H3/b25-24-/t20-,21+,22-/m1/s1. The van der Waals surface area contributed by atoms with Crippen LogP contribution in [0.3, 0.4) is 0 Å². The molecule has 2 aromatic carbocycles. The maximum absolute atomic E-state index is 13.1. The monoisotopic (exact) mass is 454 g/mol. The van der Waals surface area contributed by atoms with Crippen molar-refractivity contribution >= 4 is 22.0 Å². The highest BCUT2D eigenvalue weighted by Gasteiger charge is 2.48. The number of esters is 1. The molecule has 7 nitrogen and oxygen atoms in total. The van der Waals surface area contributed by atoms with Gasteiger partial charge in [-0.3, -0.25) is 0 Å². The average Bonchev–Trinajstić information content (AvgIpc) is 3.23. The maximum Gasteiger partial charge on any atom is 0.329 e. The lowest BCUT2D eigenvalue weighted by Crippen LogP contribution is -2.57. The fraction of sp³-hybridized carbons (Fsp3) is 0.333. The van der Waals surface area contributed by atoms with Crippen molar-refractivity contribution in [1.82, 2.24) is 4.90 Å². The largest absolute Gasteiger partial charge is 0.464 e. The number of nitrogens with zero attached hydrogens (tertiary/aromatic N) is 2. The summed E-state index contributed by atoms with van der Waals surface area (Å²) in [5.74, 6) is -0.593. The topological polar surface area (TPSA) is 85.3 Å². The van der Waals surface area contributed by atoms with Gasteiger partial charge in [0, 0.05) is 12.5 Å². The summed E-state index contributed by atoms with van der Waals surface area (Å²) in [7, 11) is -4.05. The molecule has 8 heteroatoms. The SMILES string of the molecule is CCOC(=O)[C@H]1[C@@H]2CC=C[C@@H]2O/C(=N\S(=O)(=O)c2ccc(C)cc2)N1Cc1ccccc1. The average molecular weight is 455 g/mol. The number of allylic oxidation sites excluding steroid dienone is 1. The molecule has 1 saturated heterocycles. The summed E-state index contributed by atoms with van der Waals surface area (Å²) in [6.45, 7) is 4.12. The van der Waals surface area contributed by atoms with Crippen LogP contribution in [-0.2, 0) is 30.8 Å². The molecule has 1 fully saturated rings. The van der Waals surface area contributed by atoms with Crippen molar-refractivity contribution in [3.63, 3.8) is 0 Å². The van der Waals surface area contributed by atoms with Crippen molar-refractivity contribution in [1.29, 1.82) is 0 Å². The molecule has 168 valence electrons. The molecule has 1 aliphatic carbocycles. The molecule has 0 aromatic heterocycles. The van der Waals surface area contributed by atoms with Gasteiger partial charge in [-0.1, -0.05) is 54.1 Å². The highest BCUT2D eigenvalue weighted by Crippen LogP contribution is 2.35. The molecule has 32 heavy (non-hydrogen) atoms. The molecular formula is C24H26N2O5S. The van der Waals surface area contributed by atoms with E-state index in [4.69, 9.17) is 9.47 Å². The molecule has 0 radical (unpaired) electrons. The molecule has 1 heterocycles. The van der Waals surface area contributed by atoms with E-state index in [1.165, 1.54) is 12.1 Å². The number of amidine groups is 1. The van der Waals surface area contributed by atoms with Crippen molar-refractivity contribution in [2.75, 3.05) is 6.61 Å². The number of benzene rings is 2. The van der Waals surface area contributed by atoms with E-state index < -0.39 is 28.1 Å². The summed E-state index contributed by atoms with van der Waals surface area (Å²) < 4.78 is 41.6. The first-order valence-electron chi connectivity index (χ1n) is 10.6. The van der Waals surface area contributed by atoms with Gasteiger partial charge in [-0.25, -0.2) is 4.79 Å². The Morgan fingerprint density at radius 3 is 2.56 bits per heavy atom. The second kappa shape index (κ2) is 9.16. The quantitative estimate of drug-likeness (QED) is 0.491. The van der Waals surface area contributed by atoms with E-state index in [0.29, 0.717) is 6.42 Å². The Morgan fingerprint density at radius 2 is 1.88 bits per heavy atom. The van der Waals surface area contributed by atoms with Gasteiger partial charge in [0.15, 0.2) is 0 Å². The van der Waals surface area contributed by atoms with E-state index in [1.807, 2.05) is 49.4 Å². The molecule has 4 rings (SSSR count). The molecule has 0 saturated carbocycles. The first kappa shape index (κ1) is 22.1. The number of fused-ring (bicyclic) bond motifs is 1. The zero-order valence-corrected chi connectivity index (χ0v) is 18.9. The van der Waals surface area contributed by atoms with E-state index in [9.17, 15) is 13.2 Å². The first-order valence-corrected chi connectivity index (χ1v) is 12.0. The Balaban J connectivity index is 1.78. The number of carbonyl (C=O) groups excluding carboxylic acids is 1. The second-order valence-electron chi connectivity index (χ2n) is 7.88. The third-order valence-electron chi connectivity index (χ3n) is 5.63. The summed E-state index contributed by atoms with van der Waals surface area (Å²) in [5, 5.41) is 0. The second-order valence-corrected chi connectivity index (χ2v) is 9.49. The molecule has 0 bridgehead atoms. The predicted octanol–water partition coefficient (Wildman–Crippen LogP) is 3.45. The maximum atomic E-state index is 13.1. The van der Waals surface area contributed by atoms with Gasteiger partial charge in [0.2, 0.25) is 0 Å². The van der Waals surface area contributed by atoms with Crippen LogP contribution in [0.15, 0.2) is 76.0 Å². The minimum Gasteiger partial charge on any atom is -0.464 e. The molecule has 2 aliphatic rings. The van der Waals surface area contributed by atoms with E-state index in [-0.39, 0.29) is 30.0 Å². The molecule has 2 aromatic rings. The van der Waals surface area contributed by atoms with Crippen LogP contribution in [0.5, 0.6) is 0 Å². The zero-order chi connectivity index (χ0) is 22.7. The third kappa shape index (κ3) is 4.55. The van der Waals surface area contributed by atoms with Crippen molar-refractivity contribution in [2.45, 2.75) is 43.9 Å². The van der Waals surface area contributed by atoms with Crippen molar-refractivity contribution in [3.8, 4) is 0 Å². The third-order valence-corrected chi connectivity index (χ3v) is 6.89. The van der Waals surface area contributed by atoms with Crippen molar-refractivity contribution < 1.29 is 22.7 Å². The summed E-state index contributed by atoms with van der Waals surface area (Å²) in [6, 6.07) is 15.1. The fourth-order valence-electron chi connectivity index (χ4n) is 4.04. The first-order chi connectivity index (χ1) is 15.4.